The van der Waals surface area contributed by atoms with Crippen LogP contribution in [0.2, 0.25) is 0 Å². The van der Waals surface area contributed by atoms with Gasteiger partial charge in [0, 0.05) is 5.56 Å². The summed E-state index contributed by atoms with van der Waals surface area (Å²) in [4.78, 5) is 25.1. The fourth-order valence-electron chi connectivity index (χ4n) is 2.59. The second-order valence-electron chi connectivity index (χ2n) is 6.70. The highest BCUT2D eigenvalue weighted by atomic mass is 16.2. The quantitative estimate of drug-likeness (QED) is 0.845. The van der Waals surface area contributed by atoms with Gasteiger partial charge in [-0.2, -0.15) is 0 Å². The largest absolute Gasteiger partial charge is 0.348 e. The molecule has 0 aliphatic carbocycles. The van der Waals surface area contributed by atoms with Crippen LogP contribution in [0.5, 0.6) is 0 Å². The molecule has 0 aliphatic rings. The van der Waals surface area contributed by atoms with Gasteiger partial charge < -0.3 is 10.6 Å². The maximum absolute atomic E-state index is 12.7. The number of carbonyl (C=O) groups excluding carboxylic acids is 2. The van der Waals surface area contributed by atoms with Gasteiger partial charge in [0.1, 0.15) is 6.04 Å². The third-order valence-electron chi connectivity index (χ3n) is 4.21. The molecule has 4 nitrogen and oxygen atoms in total. The predicted molar refractivity (Wildman–Crippen MR) is 100 cm³/mol. The minimum absolute atomic E-state index is 0.0163. The molecule has 132 valence electrons. The monoisotopic (exact) mass is 338 g/mol. The molecule has 2 unspecified atom stereocenters. The van der Waals surface area contributed by atoms with E-state index in [0.29, 0.717) is 5.56 Å². The summed E-state index contributed by atoms with van der Waals surface area (Å²) in [6.45, 7) is 7.75. The van der Waals surface area contributed by atoms with Gasteiger partial charge in [0.15, 0.2) is 0 Å². The van der Waals surface area contributed by atoms with E-state index < -0.39 is 6.04 Å². The highest BCUT2D eigenvalue weighted by Crippen LogP contribution is 2.13. The van der Waals surface area contributed by atoms with Crippen molar-refractivity contribution in [1.29, 1.82) is 0 Å². The Labute approximate surface area is 149 Å². The SMILES string of the molecule is Cc1ccc(C(=O)NC(C(=O)NC(C)c2ccccc2)C(C)C)cc1. The average molecular weight is 338 g/mol. The van der Waals surface area contributed by atoms with Gasteiger partial charge in [-0.25, -0.2) is 0 Å². The molecule has 2 aromatic carbocycles. The van der Waals surface area contributed by atoms with E-state index in [4.69, 9.17) is 0 Å². The molecule has 0 saturated heterocycles. The molecule has 0 bridgehead atoms. The smallest absolute Gasteiger partial charge is 0.251 e. The minimum atomic E-state index is -0.583. The van der Waals surface area contributed by atoms with Crippen molar-refractivity contribution < 1.29 is 9.59 Å². The molecule has 0 saturated carbocycles. The summed E-state index contributed by atoms with van der Waals surface area (Å²) in [5, 5.41) is 5.85. The van der Waals surface area contributed by atoms with Gasteiger partial charge in [0.05, 0.1) is 6.04 Å². The van der Waals surface area contributed by atoms with Crippen LogP contribution in [0.15, 0.2) is 54.6 Å². The van der Waals surface area contributed by atoms with Gasteiger partial charge in [0.2, 0.25) is 5.91 Å². The summed E-state index contributed by atoms with van der Waals surface area (Å²) in [6.07, 6.45) is 0. The van der Waals surface area contributed by atoms with Crippen LogP contribution in [-0.2, 0) is 4.79 Å². The fraction of sp³-hybridized carbons (Fsp3) is 0.333. The first-order valence-electron chi connectivity index (χ1n) is 8.61. The van der Waals surface area contributed by atoms with E-state index in [0.717, 1.165) is 11.1 Å². The van der Waals surface area contributed by atoms with Crippen molar-refractivity contribution >= 4 is 11.8 Å². The maximum atomic E-state index is 12.7. The summed E-state index contributed by atoms with van der Waals surface area (Å²) in [7, 11) is 0. The number of rotatable bonds is 6. The Bertz CT molecular complexity index is 708. The molecule has 2 rings (SSSR count). The second-order valence-corrected chi connectivity index (χ2v) is 6.70. The molecule has 0 heterocycles. The van der Waals surface area contributed by atoms with Crippen molar-refractivity contribution in [3.63, 3.8) is 0 Å². The zero-order valence-electron chi connectivity index (χ0n) is 15.2. The lowest BCUT2D eigenvalue weighted by Gasteiger charge is -2.24. The topological polar surface area (TPSA) is 58.2 Å². The molecule has 2 atom stereocenters. The number of carbonyl (C=O) groups is 2. The van der Waals surface area contributed by atoms with Crippen molar-refractivity contribution in [2.75, 3.05) is 0 Å². The maximum Gasteiger partial charge on any atom is 0.251 e. The van der Waals surface area contributed by atoms with Crippen LogP contribution >= 0.6 is 0 Å². The summed E-state index contributed by atoms with van der Waals surface area (Å²) in [5.41, 5.74) is 2.68. The molecule has 4 heteroatoms. The Kier molecular flexibility index (Phi) is 6.34. The molecular formula is C21H26N2O2. The lowest BCUT2D eigenvalue weighted by Crippen LogP contribution is -2.50. The van der Waals surface area contributed by atoms with Gasteiger partial charge in [-0.1, -0.05) is 61.9 Å². The van der Waals surface area contributed by atoms with Crippen LogP contribution in [0, 0.1) is 12.8 Å². The lowest BCUT2D eigenvalue weighted by atomic mass is 10.0. The molecule has 0 aromatic heterocycles. The number of benzene rings is 2. The van der Waals surface area contributed by atoms with E-state index in [1.807, 2.05) is 70.2 Å². The first kappa shape index (κ1) is 18.7. The first-order chi connectivity index (χ1) is 11.9. The van der Waals surface area contributed by atoms with Crippen molar-refractivity contribution in [2.45, 2.75) is 39.8 Å². The molecule has 2 N–H and O–H groups in total. The Morgan fingerprint density at radius 1 is 0.840 bits per heavy atom. The van der Waals surface area contributed by atoms with E-state index in [9.17, 15) is 9.59 Å². The Balaban J connectivity index is 2.05. The van der Waals surface area contributed by atoms with Crippen LogP contribution in [0.3, 0.4) is 0 Å². The predicted octanol–water partition coefficient (Wildman–Crippen LogP) is 3.63. The summed E-state index contributed by atoms with van der Waals surface area (Å²) in [6, 6.07) is 16.4. The number of amides is 2. The van der Waals surface area contributed by atoms with E-state index in [2.05, 4.69) is 10.6 Å². The lowest BCUT2D eigenvalue weighted by molar-refractivity contribution is -0.124. The van der Waals surface area contributed by atoms with Crippen molar-refractivity contribution in [3.8, 4) is 0 Å². The molecule has 0 fully saturated rings. The van der Waals surface area contributed by atoms with Crippen LogP contribution in [0.4, 0.5) is 0 Å². The second kappa shape index (κ2) is 8.47. The van der Waals surface area contributed by atoms with Crippen LogP contribution in [-0.4, -0.2) is 17.9 Å². The van der Waals surface area contributed by atoms with E-state index in [1.165, 1.54) is 0 Å². The van der Waals surface area contributed by atoms with E-state index >= 15 is 0 Å². The number of aryl methyl sites for hydroxylation is 1. The van der Waals surface area contributed by atoms with Crippen LogP contribution < -0.4 is 10.6 Å². The standard InChI is InChI=1S/C21H26N2O2/c1-14(2)19(23-20(24)18-12-10-15(3)11-13-18)21(25)22-16(4)17-8-6-5-7-9-17/h5-14,16,19H,1-4H3,(H,22,25)(H,23,24). The molecule has 2 amide bonds. The van der Waals surface area contributed by atoms with Gasteiger partial charge in [-0.05, 0) is 37.5 Å². The molecule has 0 spiro atoms. The Morgan fingerprint density at radius 3 is 2.00 bits per heavy atom. The molecule has 25 heavy (non-hydrogen) atoms. The number of nitrogens with one attached hydrogen (secondary N) is 2. The van der Waals surface area contributed by atoms with Gasteiger partial charge in [0.25, 0.3) is 5.91 Å². The summed E-state index contributed by atoms with van der Waals surface area (Å²) in [5.74, 6) is -0.426. The van der Waals surface area contributed by atoms with Crippen molar-refractivity contribution in [1.82, 2.24) is 10.6 Å². The molecule has 0 radical (unpaired) electrons. The van der Waals surface area contributed by atoms with E-state index in [-0.39, 0.29) is 23.8 Å². The third-order valence-corrected chi connectivity index (χ3v) is 4.21. The minimum Gasteiger partial charge on any atom is -0.348 e. The van der Waals surface area contributed by atoms with Gasteiger partial charge >= 0.3 is 0 Å². The molecular weight excluding hydrogens is 312 g/mol. The molecule has 0 aliphatic heterocycles. The summed E-state index contributed by atoms with van der Waals surface area (Å²) < 4.78 is 0. The zero-order chi connectivity index (χ0) is 18.4. The van der Waals surface area contributed by atoms with Crippen molar-refractivity contribution in [3.05, 3.63) is 71.3 Å². The van der Waals surface area contributed by atoms with E-state index in [1.54, 1.807) is 12.1 Å². The third kappa shape index (κ3) is 5.18. The number of hydrogen-bond acceptors (Lipinski definition) is 2. The fourth-order valence-corrected chi connectivity index (χ4v) is 2.59. The average Bonchev–Trinajstić information content (AvgIpc) is 2.60. The highest BCUT2D eigenvalue weighted by molar-refractivity contribution is 5.97. The zero-order valence-corrected chi connectivity index (χ0v) is 15.2. The van der Waals surface area contributed by atoms with Crippen LogP contribution in [0.1, 0.15) is 48.3 Å². The van der Waals surface area contributed by atoms with Crippen LogP contribution in [0.25, 0.3) is 0 Å². The number of hydrogen-bond donors (Lipinski definition) is 2. The first-order valence-corrected chi connectivity index (χ1v) is 8.61. The van der Waals surface area contributed by atoms with Gasteiger partial charge in [-0.3, -0.25) is 9.59 Å². The van der Waals surface area contributed by atoms with Gasteiger partial charge in [-0.15, -0.1) is 0 Å². The molecule has 2 aromatic rings. The highest BCUT2D eigenvalue weighted by Gasteiger charge is 2.25. The Morgan fingerprint density at radius 2 is 1.44 bits per heavy atom. The summed E-state index contributed by atoms with van der Waals surface area (Å²) >= 11 is 0. The van der Waals surface area contributed by atoms with Crippen molar-refractivity contribution in [2.24, 2.45) is 5.92 Å². The Hall–Kier alpha value is -2.62. The normalized spacial score (nSPS) is 13.2.